The molecule has 1 N–H and O–H groups in total. The number of carbonyl (C=O) groups is 1. The number of rotatable bonds is 4. The highest BCUT2D eigenvalue weighted by atomic mass is 79.9. The Bertz CT molecular complexity index is 438. The molecule has 78 valence electrons. The van der Waals surface area contributed by atoms with Crippen LogP contribution in [0.25, 0.3) is 0 Å². The summed E-state index contributed by atoms with van der Waals surface area (Å²) in [5, 5.41) is 10.0. The molecule has 8 heteroatoms. The molecule has 0 bridgehead atoms. The standard InChI is InChI=1S/C6H6BrNO4S2/c7-4-1-2-6(13-4)14(11,12)8-3-5(9)10/h1-2,8H,3H2,(H,9,10)/p-1. The van der Waals surface area contributed by atoms with Crippen LogP contribution in [0.5, 0.6) is 0 Å². The van der Waals surface area contributed by atoms with E-state index in [9.17, 15) is 18.3 Å². The molecule has 1 aromatic heterocycles. The number of aliphatic carboxylic acids is 1. The van der Waals surface area contributed by atoms with Gasteiger partial charge in [-0.25, -0.2) is 13.1 Å². The minimum atomic E-state index is -3.72. The van der Waals surface area contributed by atoms with E-state index < -0.39 is 22.5 Å². The summed E-state index contributed by atoms with van der Waals surface area (Å²) in [6, 6.07) is 2.95. The first-order chi connectivity index (χ1) is 6.42. The smallest absolute Gasteiger partial charge is 0.250 e. The number of halogens is 1. The highest BCUT2D eigenvalue weighted by Gasteiger charge is 2.15. The van der Waals surface area contributed by atoms with Crippen LogP contribution in [0.1, 0.15) is 0 Å². The van der Waals surface area contributed by atoms with Crippen LogP contribution in [0.2, 0.25) is 0 Å². The van der Waals surface area contributed by atoms with E-state index in [-0.39, 0.29) is 4.21 Å². The van der Waals surface area contributed by atoms with Crippen molar-refractivity contribution in [3.05, 3.63) is 15.9 Å². The molecule has 1 aromatic rings. The van der Waals surface area contributed by atoms with E-state index in [0.717, 1.165) is 11.3 Å². The average molecular weight is 299 g/mol. The second kappa shape index (κ2) is 4.39. The van der Waals surface area contributed by atoms with E-state index >= 15 is 0 Å². The zero-order chi connectivity index (χ0) is 10.8. The van der Waals surface area contributed by atoms with Gasteiger partial charge in [0.2, 0.25) is 10.0 Å². The van der Waals surface area contributed by atoms with Crippen molar-refractivity contribution in [3.63, 3.8) is 0 Å². The van der Waals surface area contributed by atoms with Crippen molar-refractivity contribution in [1.29, 1.82) is 0 Å². The second-order valence-corrected chi connectivity index (χ2v) is 6.71. The highest BCUT2D eigenvalue weighted by Crippen LogP contribution is 2.25. The van der Waals surface area contributed by atoms with Gasteiger partial charge < -0.3 is 9.90 Å². The lowest BCUT2D eigenvalue weighted by Crippen LogP contribution is -2.37. The normalized spacial score (nSPS) is 11.5. The first-order valence-electron chi connectivity index (χ1n) is 3.36. The topological polar surface area (TPSA) is 86.3 Å². The molecule has 0 spiro atoms. The fourth-order valence-electron chi connectivity index (χ4n) is 0.667. The molecule has 0 aliphatic carbocycles. The number of thiophene rings is 1. The van der Waals surface area contributed by atoms with Gasteiger partial charge in [-0.05, 0) is 28.1 Å². The molecule has 0 radical (unpaired) electrons. The third kappa shape index (κ3) is 3.05. The summed E-state index contributed by atoms with van der Waals surface area (Å²) in [7, 11) is -3.72. The van der Waals surface area contributed by atoms with Gasteiger partial charge in [-0.15, -0.1) is 11.3 Å². The summed E-state index contributed by atoms with van der Waals surface area (Å²) in [6.45, 7) is -0.724. The van der Waals surface area contributed by atoms with Gasteiger partial charge in [0.1, 0.15) is 4.21 Å². The highest BCUT2D eigenvalue weighted by molar-refractivity contribution is 9.11. The Labute approximate surface area is 92.9 Å². The van der Waals surface area contributed by atoms with Crippen molar-refractivity contribution in [1.82, 2.24) is 4.72 Å². The molecule has 14 heavy (non-hydrogen) atoms. The first-order valence-corrected chi connectivity index (χ1v) is 6.46. The summed E-state index contributed by atoms with van der Waals surface area (Å²) in [5.74, 6) is -1.47. The molecule has 0 aliphatic rings. The Hall–Kier alpha value is -0.440. The Balaban J connectivity index is 2.81. The van der Waals surface area contributed by atoms with Crippen molar-refractivity contribution in [2.45, 2.75) is 4.21 Å². The lowest BCUT2D eigenvalue weighted by molar-refractivity contribution is -0.303. The zero-order valence-corrected chi connectivity index (χ0v) is 9.91. The van der Waals surface area contributed by atoms with Crippen molar-refractivity contribution in [3.8, 4) is 0 Å². The Morgan fingerprint density at radius 1 is 1.57 bits per heavy atom. The van der Waals surface area contributed by atoms with Crippen LogP contribution < -0.4 is 9.83 Å². The molecule has 0 amide bonds. The number of sulfonamides is 1. The molecule has 0 saturated carbocycles. The predicted octanol–water partition coefficient (Wildman–Crippen LogP) is -0.461. The molecule has 0 unspecified atom stereocenters. The van der Waals surface area contributed by atoms with Crippen LogP contribution in [0.3, 0.4) is 0 Å². The summed E-state index contributed by atoms with van der Waals surface area (Å²) < 4.78 is 25.3. The van der Waals surface area contributed by atoms with Crippen LogP contribution in [0, 0.1) is 0 Å². The maximum atomic E-state index is 11.3. The molecule has 1 heterocycles. The summed E-state index contributed by atoms with van der Waals surface area (Å²) in [5.41, 5.74) is 0. The minimum absolute atomic E-state index is 0.0608. The average Bonchev–Trinajstić information content (AvgIpc) is 2.49. The van der Waals surface area contributed by atoms with Gasteiger partial charge in [0.15, 0.2) is 0 Å². The molecule has 5 nitrogen and oxygen atoms in total. The van der Waals surface area contributed by atoms with E-state index in [1.54, 1.807) is 6.07 Å². The molecular formula is C6H5BrNO4S2-. The number of nitrogens with one attached hydrogen (secondary N) is 1. The van der Waals surface area contributed by atoms with Crippen molar-refractivity contribution < 1.29 is 18.3 Å². The lowest BCUT2D eigenvalue weighted by atomic mass is 10.7. The van der Waals surface area contributed by atoms with Gasteiger partial charge in [0.25, 0.3) is 0 Å². The third-order valence-corrected chi connectivity index (χ3v) is 4.74. The van der Waals surface area contributed by atoms with Gasteiger partial charge in [-0.3, -0.25) is 0 Å². The van der Waals surface area contributed by atoms with Gasteiger partial charge in [-0.1, -0.05) is 0 Å². The predicted molar refractivity (Wildman–Crippen MR) is 52.2 cm³/mol. The quantitative estimate of drug-likeness (QED) is 0.815. The molecule has 0 aromatic carbocycles. The zero-order valence-electron chi connectivity index (χ0n) is 6.69. The maximum Gasteiger partial charge on any atom is 0.250 e. The molecule has 0 atom stereocenters. The van der Waals surface area contributed by atoms with Gasteiger partial charge in [0.05, 0.1) is 16.3 Å². The monoisotopic (exact) mass is 298 g/mol. The largest absolute Gasteiger partial charge is 0.549 e. The second-order valence-electron chi connectivity index (χ2n) is 2.26. The van der Waals surface area contributed by atoms with Gasteiger partial charge >= 0.3 is 0 Å². The molecule has 0 aliphatic heterocycles. The van der Waals surface area contributed by atoms with E-state index in [4.69, 9.17) is 0 Å². The molecule has 1 rings (SSSR count). The van der Waals surface area contributed by atoms with E-state index in [2.05, 4.69) is 15.9 Å². The Morgan fingerprint density at radius 3 is 2.64 bits per heavy atom. The van der Waals surface area contributed by atoms with Crippen LogP contribution in [0.15, 0.2) is 20.1 Å². The van der Waals surface area contributed by atoms with E-state index in [0.29, 0.717) is 3.79 Å². The number of carbonyl (C=O) groups excluding carboxylic acids is 1. The summed E-state index contributed by atoms with van der Waals surface area (Å²) in [4.78, 5) is 10.0. The van der Waals surface area contributed by atoms with Crippen LogP contribution in [-0.4, -0.2) is 20.9 Å². The van der Waals surface area contributed by atoms with Crippen LogP contribution in [-0.2, 0) is 14.8 Å². The number of carboxylic acid groups (broad SMARTS) is 1. The Morgan fingerprint density at radius 2 is 2.21 bits per heavy atom. The van der Waals surface area contributed by atoms with Crippen LogP contribution in [0.4, 0.5) is 0 Å². The fraction of sp³-hybridized carbons (Fsp3) is 0.167. The lowest BCUT2D eigenvalue weighted by Gasteiger charge is -2.04. The SMILES string of the molecule is O=C([O-])CNS(=O)(=O)c1ccc(Br)s1. The number of hydrogen-bond acceptors (Lipinski definition) is 5. The summed E-state index contributed by atoms with van der Waals surface area (Å²) >= 11 is 4.10. The van der Waals surface area contributed by atoms with Crippen molar-refractivity contribution in [2.75, 3.05) is 6.54 Å². The summed E-state index contributed by atoms with van der Waals surface area (Å²) in [6.07, 6.45) is 0. The van der Waals surface area contributed by atoms with Gasteiger partial charge in [-0.2, -0.15) is 0 Å². The van der Waals surface area contributed by atoms with Crippen molar-refractivity contribution in [2.24, 2.45) is 0 Å². The molecular weight excluding hydrogens is 294 g/mol. The van der Waals surface area contributed by atoms with Gasteiger partial charge in [0, 0.05) is 0 Å². The number of carboxylic acids is 1. The van der Waals surface area contributed by atoms with Crippen molar-refractivity contribution >= 4 is 43.3 Å². The minimum Gasteiger partial charge on any atom is -0.549 e. The fourth-order valence-corrected chi connectivity index (χ4v) is 3.69. The maximum absolute atomic E-state index is 11.3. The first kappa shape index (κ1) is 11.6. The number of hydrogen-bond donors (Lipinski definition) is 1. The van der Waals surface area contributed by atoms with Crippen LogP contribution >= 0.6 is 27.3 Å². The molecule has 0 saturated heterocycles. The third-order valence-electron chi connectivity index (χ3n) is 1.22. The molecule has 0 fully saturated rings. The Kier molecular flexibility index (Phi) is 3.65. The van der Waals surface area contributed by atoms with E-state index in [1.165, 1.54) is 6.07 Å². The van der Waals surface area contributed by atoms with E-state index in [1.807, 2.05) is 4.72 Å².